The second-order valence-corrected chi connectivity index (χ2v) is 6.91. The quantitative estimate of drug-likeness (QED) is 0.708. The molecule has 3 heterocycles. The number of amides is 1. The highest BCUT2D eigenvalue weighted by Crippen LogP contribution is 2.21. The number of nitrogens with zero attached hydrogens (tertiary/aromatic N) is 3. The second kappa shape index (κ2) is 7.73. The highest BCUT2D eigenvalue weighted by molar-refractivity contribution is 5.94. The number of hydrogen-bond acceptors (Lipinski definition) is 5. The van der Waals surface area contributed by atoms with E-state index in [1.165, 1.54) is 10.9 Å². The van der Waals surface area contributed by atoms with Gasteiger partial charge in [0.1, 0.15) is 0 Å². The molecule has 1 aliphatic rings. The van der Waals surface area contributed by atoms with Crippen molar-refractivity contribution in [2.24, 2.45) is 0 Å². The number of hydrogen-bond donors (Lipinski definition) is 2. The van der Waals surface area contributed by atoms with E-state index in [2.05, 4.69) is 21.5 Å². The number of rotatable bonds is 4. The minimum atomic E-state index is -0.259. The zero-order valence-electron chi connectivity index (χ0n) is 15.8. The molecule has 0 bridgehead atoms. The lowest BCUT2D eigenvalue weighted by Gasteiger charge is -2.10. The molecular formula is C21H19N5O3. The van der Waals surface area contributed by atoms with Crippen molar-refractivity contribution >= 4 is 5.91 Å². The minimum Gasteiger partial charge on any atom is -0.379 e. The Morgan fingerprint density at radius 2 is 2.21 bits per heavy atom. The summed E-state index contributed by atoms with van der Waals surface area (Å²) in [5.41, 5.74) is 2.77. The maximum absolute atomic E-state index is 12.9. The molecule has 1 amide bonds. The lowest BCUT2D eigenvalue weighted by Crippen LogP contribution is -2.35. The summed E-state index contributed by atoms with van der Waals surface area (Å²) in [7, 11) is 0. The van der Waals surface area contributed by atoms with Crippen molar-refractivity contribution in [3.63, 3.8) is 0 Å². The van der Waals surface area contributed by atoms with Crippen LogP contribution in [0, 0.1) is 18.3 Å². The summed E-state index contributed by atoms with van der Waals surface area (Å²) in [4.78, 5) is 29.4. The van der Waals surface area contributed by atoms with Crippen molar-refractivity contribution in [1.29, 1.82) is 5.26 Å². The Labute approximate surface area is 166 Å². The summed E-state index contributed by atoms with van der Waals surface area (Å²) in [6, 6.07) is 10.5. The number of benzene rings is 1. The Hall–Kier alpha value is -3.70. The maximum atomic E-state index is 12.9. The van der Waals surface area contributed by atoms with Gasteiger partial charge >= 0.3 is 0 Å². The Balaban J connectivity index is 1.57. The molecule has 1 fully saturated rings. The molecular weight excluding hydrogens is 370 g/mol. The number of ether oxygens (including phenoxy) is 1. The van der Waals surface area contributed by atoms with E-state index in [-0.39, 0.29) is 17.5 Å². The molecule has 1 unspecified atom stereocenters. The van der Waals surface area contributed by atoms with E-state index in [1.807, 2.05) is 6.92 Å². The standard InChI is InChI=1S/C21H19N5O3/c1-13-8-14(9-22)2-4-17(13)18-11-24-26(21(18)28)19-5-3-15(10-23-19)20(27)25-16-6-7-29-12-16/h2-5,8,10-11,16,24H,6-7,12H2,1H3,(H,25,27). The summed E-state index contributed by atoms with van der Waals surface area (Å²) in [6.07, 6.45) is 3.85. The average molecular weight is 389 g/mol. The van der Waals surface area contributed by atoms with Gasteiger partial charge in [0.2, 0.25) is 0 Å². The number of carbonyl (C=O) groups is 1. The molecule has 1 aliphatic heterocycles. The van der Waals surface area contributed by atoms with Crippen LogP contribution in [0.1, 0.15) is 27.9 Å². The molecule has 8 nitrogen and oxygen atoms in total. The Kier molecular flexibility index (Phi) is 4.97. The number of carbonyl (C=O) groups excluding carboxylic acids is 1. The Bertz CT molecular complexity index is 1150. The fourth-order valence-electron chi connectivity index (χ4n) is 3.34. The van der Waals surface area contributed by atoms with Gasteiger partial charge in [-0.25, -0.2) is 9.67 Å². The van der Waals surface area contributed by atoms with Crippen LogP contribution in [-0.4, -0.2) is 39.9 Å². The van der Waals surface area contributed by atoms with Crippen molar-refractivity contribution in [2.45, 2.75) is 19.4 Å². The van der Waals surface area contributed by atoms with Crippen LogP contribution in [0.3, 0.4) is 0 Å². The van der Waals surface area contributed by atoms with Gasteiger partial charge in [0, 0.05) is 19.0 Å². The number of aromatic amines is 1. The third-order valence-corrected chi connectivity index (χ3v) is 4.92. The van der Waals surface area contributed by atoms with Crippen LogP contribution < -0.4 is 10.9 Å². The molecule has 0 aliphatic carbocycles. The largest absolute Gasteiger partial charge is 0.379 e. The molecule has 2 N–H and O–H groups in total. The summed E-state index contributed by atoms with van der Waals surface area (Å²) >= 11 is 0. The van der Waals surface area contributed by atoms with Crippen LogP contribution in [0.5, 0.6) is 0 Å². The zero-order chi connectivity index (χ0) is 20.4. The number of nitriles is 1. The Morgan fingerprint density at radius 3 is 2.86 bits per heavy atom. The van der Waals surface area contributed by atoms with Gasteiger partial charge in [-0.15, -0.1) is 0 Å². The molecule has 146 valence electrons. The number of aryl methyl sites for hydroxylation is 1. The van der Waals surface area contributed by atoms with Gasteiger partial charge in [0.15, 0.2) is 5.82 Å². The molecule has 0 radical (unpaired) electrons. The number of nitrogens with one attached hydrogen (secondary N) is 2. The first kappa shape index (κ1) is 18.7. The van der Waals surface area contributed by atoms with Gasteiger partial charge in [-0.05, 0) is 48.7 Å². The second-order valence-electron chi connectivity index (χ2n) is 6.91. The summed E-state index contributed by atoms with van der Waals surface area (Å²) in [5.74, 6) is 0.167. The predicted octanol–water partition coefficient (Wildman–Crippen LogP) is 1.93. The van der Waals surface area contributed by atoms with Crippen molar-refractivity contribution in [2.75, 3.05) is 13.2 Å². The van der Waals surface area contributed by atoms with Crippen molar-refractivity contribution < 1.29 is 9.53 Å². The topological polar surface area (TPSA) is 113 Å². The summed E-state index contributed by atoms with van der Waals surface area (Å²) in [6.45, 7) is 3.03. The third kappa shape index (κ3) is 3.68. The van der Waals surface area contributed by atoms with Crippen molar-refractivity contribution in [3.05, 3.63) is 69.8 Å². The first-order valence-electron chi connectivity index (χ1n) is 9.23. The van der Waals surface area contributed by atoms with E-state index in [0.29, 0.717) is 35.7 Å². The summed E-state index contributed by atoms with van der Waals surface area (Å²) in [5, 5.41) is 14.8. The van der Waals surface area contributed by atoms with E-state index in [1.54, 1.807) is 36.5 Å². The third-order valence-electron chi connectivity index (χ3n) is 4.92. The van der Waals surface area contributed by atoms with E-state index in [9.17, 15) is 9.59 Å². The van der Waals surface area contributed by atoms with E-state index in [4.69, 9.17) is 10.00 Å². The van der Waals surface area contributed by atoms with Gasteiger partial charge in [0.05, 0.1) is 35.4 Å². The monoisotopic (exact) mass is 389 g/mol. The molecule has 0 spiro atoms. The summed E-state index contributed by atoms with van der Waals surface area (Å²) < 4.78 is 6.57. The van der Waals surface area contributed by atoms with Gasteiger partial charge in [-0.2, -0.15) is 5.26 Å². The van der Waals surface area contributed by atoms with Gasteiger partial charge in [0.25, 0.3) is 11.5 Å². The molecule has 29 heavy (non-hydrogen) atoms. The lowest BCUT2D eigenvalue weighted by atomic mass is 10.0. The molecule has 4 rings (SSSR count). The minimum absolute atomic E-state index is 0.0198. The first-order valence-corrected chi connectivity index (χ1v) is 9.23. The molecule has 1 atom stereocenters. The SMILES string of the molecule is Cc1cc(C#N)ccc1-c1c[nH]n(-c2ccc(C(=O)NC3CCOC3)cn2)c1=O. The fraction of sp³-hybridized carbons (Fsp3) is 0.238. The highest BCUT2D eigenvalue weighted by Gasteiger charge is 2.19. The van der Waals surface area contributed by atoms with E-state index < -0.39 is 0 Å². The Morgan fingerprint density at radius 1 is 1.34 bits per heavy atom. The predicted molar refractivity (Wildman–Crippen MR) is 106 cm³/mol. The number of pyridine rings is 1. The van der Waals surface area contributed by atoms with Crippen molar-refractivity contribution in [1.82, 2.24) is 20.1 Å². The number of aromatic nitrogens is 3. The molecule has 1 aromatic carbocycles. The molecule has 3 aromatic rings. The first-order chi connectivity index (χ1) is 14.1. The van der Waals surface area contributed by atoms with Crippen LogP contribution in [0.25, 0.3) is 16.9 Å². The fourth-order valence-corrected chi connectivity index (χ4v) is 3.34. The molecule has 8 heteroatoms. The van der Waals surface area contributed by atoms with E-state index in [0.717, 1.165) is 17.5 Å². The van der Waals surface area contributed by atoms with Crippen molar-refractivity contribution in [3.8, 4) is 23.0 Å². The van der Waals surface area contributed by atoms with Gasteiger partial charge in [-0.3, -0.25) is 14.7 Å². The maximum Gasteiger partial charge on any atom is 0.280 e. The van der Waals surface area contributed by atoms with Gasteiger partial charge < -0.3 is 10.1 Å². The smallest absolute Gasteiger partial charge is 0.280 e. The average Bonchev–Trinajstić information content (AvgIpc) is 3.38. The van der Waals surface area contributed by atoms with Crippen LogP contribution in [0.4, 0.5) is 0 Å². The zero-order valence-corrected chi connectivity index (χ0v) is 15.8. The molecule has 2 aromatic heterocycles. The van der Waals surface area contributed by atoms with Crippen LogP contribution in [0.15, 0.2) is 47.5 Å². The van der Waals surface area contributed by atoms with Gasteiger partial charge in [-0.1, -0.05) is 6.07 Å². The van der Waals surface area contributed by atoms with E-state index >= 15 is 0 Å². The van der Waals surface area contributed by atoms with Crippen LogP contribution >= 0.6 is 0 Å². The number of H-pyrrole nitrogens is 1. The molecule has 1 saturated heterocycles. The lowest BCUT2D eigenvalue weighted by molar-refractivity contribution is 0.0929. The highest BCUT2D eigenvalue weighted by atomic mass is 16.5. The molecule has 0 saturated carbocycles. The van der Waals surface area contributed by atoms with Crippen LogP contribution in [-0.2, 0) is 4.74 Å². The van der Waals surface area contributed by atoms with Crippen LogP contribution in [0.2, 0.25) is 0 Å². The normalized spacial score (nSPS) is 15.8.